The van der Waals surface area contributed by atoms with E-state index in [-0.39, 0.29) is 17.8 Å². The third-order valence-corrected chi connectivity index (χ3v) is 6.57. The van der Waals surface area contributed by atoms with Crippen LogP contribution in [-0.4, -0.2) is 23.5 Å². The fourth-order valence-electron chi connectivity index (χ4n) is 4.32. The van der Waals surface area contributed by atoms with Gasteiger partial charge in [-0.05, 0) is 45.4 Å². The van der Waals surface area contributed by atoms with Crippen molar-refractivity contribution in [3.05, 3.63) is 36.8 Å². The minimum absolute atomic E-state index is 0.115. The molecule has 4 heteroatoms. The van der Waals surface area contributed by atoms with Crippen LogP contribution in [0, 0.1) is 0 Å². The lowest BCUT2D eigenvalue weighted by atomic mass is 10.0. The molecular weight excluding hydrogens is 420 g/mol. The average Bonchev–Trinajstić information content (AvgIpc) is 2.80. The lowest BCUT2D eigenvalue weighted by molar-refractivity contribution is -0.109. The monoisotopic (exact) mass is 476 g/mol. The van der Waals surface area contributed by atoms with Gasteiger partial charge < -0.3 is 21.0 Å². The summed E-state index contributed by atoms with van der Waals surface area (Å²) >= 11 is 0. The number of carbonyl (C=O) groups is 1. The van der Waals surface area contributed by atoms with Crippen LogP contribution in [-0.2, 0) is 4.79 Å². The smallest absolute Gasteiger partial charge is 0.136 e. The maximum absolute atomic E-state index is 10.5. The summed E-state index contributed by atoms with van der Waals surface area (Å²) in [5.74, 6) is 0.191. The normalized spacial score (nSPS) is 12.8. The molecule has 0 aromatic heterocycles. The molecule has 4 nitrogen and oxygen atoms in total. The second-order valence-electron chi connectivity index (χ2n) is 10.3. The highest BCUT2D eigenvalue weighted by atomic mass is 16.3. The number of aliphatic hydroxyl groups excluding tert-OH is 1. The number of aldehydes is 1. The number of carbonyl (C=O) groups excluding carboxylic acids is 1. The first kappa shape index (κ1) is 32.5. The molecule has 0 aliphatic carbocycles. The van der Waals surface area contributed by atoms with Crippen LogP contribution >= 0.6 is 0 Å². The Morgan fingerprint density at radius 3 is 1.59 bits per heavy atom. The molecule has 0 rings (SSSR count). The van der Waals surface area contributed by atoms with Crippen LogP contribution in [0.5, 0.6) is 0 Å². The van der Waals surface area contributed by atoms with Crippen LogP contribution in [0.15, 0.2) is 36.8 Å². The summed E-state index contributed by atoms with van der Waals surface area (Å²) in [6, 6.07) is -0.442. The third-order valence-electron chi connectivity index (χ3n) is 6.57. The van der Waals surface area contributed by atoms with E-state index < -0.39 is 0 Å². The van der Waals surface area contributed by atoms with Crippen LogP contribution in [0.1, 0.15) is 135 Å². The fraction of sp³-hybridized carbons (Fsp3) is 0.767. The van der Waals surface area contributed by atoms with Gasteiger partial charge in [0.1, 0.15) is 12.0 Å². The van der Waals surface area contributed by atoms with Gasteiger partial charge >= 0.3 is 0 Å². The Hall–Kier alpha value is -1.55. The summed E-state index contributed by atoms with van der Waals surface area (Å²) < 4.78 is 0. The van der Waals surface area contributed by atoms with Crippen molar-refractivity contribution in [3.8, 4) is 0 Å². The number of hydrogen-bond donors (Lipinski definition) is 3. The zero-order chi connectivity index (χ0) is 25.4. The van der Waals surface area contributed by atoms with E-state index in [0.717, 1.165) is 63.3 Å². The predicted octanol–water partition coefficient (Wildman–Crippen LogP) is 8.43. The van der Waals surface area contributed by atoms with Crippen LogP contribution < -0.4 is 11.1 Å². The third kappa shape index (κ3) is 22.3. The second kappa shape index (κ2) is 23.2. The molecule has 0 radical (unpaired) electrons. The molecule has 0 amide bonds. The van der Waals surface area contributed by atoms with E-state index in [4.69, 9.17) is 5.73 Å². The Labute approximate surface area is 211 Å². The molecule has 0 bridgehead atoms. The Morgan fingerprint density at radius 1 is 0.735 bits per heavy atom. The van der Waals surface area contributed by atoms with Crippen molar-refractivity contribution in [2.75, 3.05) is 0 Å². The van der Waals surface area contributed by atoms with Crippen molar-refractivity contribution in [1.82, 2.24) is 5.32 Å². The van der Waals surface area contributed by atoms with Gasteiger partial charge in [0, 0.05) is 5.70 Å². The van der Waals surface area contributed by atoms with Crippen molar-refractivity contribution < 1.29 is 9.90 Å². The number of unbranched alkanes of at least 4 members (excludes halogenated alkanes) is 14. The molecule has 2 atom stereocenters. The number of nitrogens with two attached hydrogens (primary N) is 1. The molecule has 0 saturated heterocycles. The Kier molecular flexibility index (Phi) is 22.1. The predicted molar refractivity (Wildman–Crippen MR) is 149 cm³/mol. The number of nitrogens with one attached hydrogen (secondary N) is 1. The van der Waals surface area contributed by atoms with Gasteiger partial charge in [-0.25, -0.2) is 0 Å². The minimum atomic E-state index is -0.327. The highest BCUT2D eigenvalue weighted by Gasteiger charge is 2.12. The molecule has 0 spiro atoms. The van der Waals surface area contributed by atoms with Gasteiger partial charge in [0.05, 0.1) is 12.1 Å². The summed E-state index contributed by atoms with van der Waals surface area (Å²) in [6.45, 7) is 14.0. The molecule has 198 valence electrons. The zero-order valence-electron chi connectivity index (χ0n) is 22.4. The van der Waals surface area contributed by atoms with Crippen molar-refractivity contribution in [2.45, 2.75) is 147 Å². The molecule has 4 N–H and O–H groups in total. The lowest BCUT2D eigenvalue weighted by Gasteiger charge is -2.20. The van der Waals surface area contributed by atoms with Gasteiger partial charge in [0.15, 0.2) is 0 Å². The van der Waals surface area contributed by atoms with E-state index in [0.29, 0.717) is 0 Å². The Balaban J connectivity index is 3.59. The molecule has 0 aliphatic rings. The summed E-state index contributed by atoms with van der Waals surface area (Å²) in [6.07, 6.45) is 24.7. The van der Waals surface area contributed by atoms with E-state index in [1.807, 2.05) is 0 Å². The first-order chi connectivity index (χ1) is 16.4. The zero-order valence-corrected chi connectivity index (χ0v) is 22.4. The van der Waals surface area contributed by atoms with Crippen LogP contribution in [0.3, 0.4) is 0 Å². The van der Waals surface area contributed by atoms with E-state index in [9.17, 15) is 9.90 Å². The summed E-state index contributed by atoms with van der Waals surface area (Å²) in [4.78, 5) is 10.5. The summed E-state index contributed by atoms with van der Waals surface area (Å²) in [5.41, 5.74) is 7.93. The van der Waals surface area contributed by atoms with Crippen molar-refractivity contribution in [3.63, 3.8) is 0 Å². The van der Waals surface area contributed by atoms with E-state index in [1.54, 1.807) is 0 Å². The molecule has 0 saturated carbocycles. The molecule has 0 aliphatic heterocycles. The van der Waals surface area contributed by atoms with Crippen molar-refractivity contribution in [2.24, 2.45) is 5.73 Å². The van der Waals surface area contributed by atoms with Crippen LogP contribution in [0.2, 0.25) is 0 Å². The molecule has 0 aromatic rings. The molecule has 0 aromatic carbocycles. The first-order valence-corrected chi connectivity index (χ1v) is 14.0. The topological polar surface area (TPSA) is 75.3 Å². The first-order valence-electron chi connectivity index (χ1n) is 14.0. The molecule has 2 unspecified atom stereocenters. The molecular formula is C30H56N2O2. The van der Waals surface area contributed by atoms with Gasteiger partial charge in [-0.1, -0.05) is 109 Å². The van der Waals surface area contributed by atoms with Gasteiger partial charge in [0.25, 0.3) is 0 Å². The largest absolute Gasteiger partial charge is 0.511 e. The molecule has 0 fully saturated rings. The Morgan fingerprint density at radius 2 is 1.15 bits per heavy atom. The standard InChI is InChI=1S/C30H56N2O2/c1-26(2)21-17-13-11-9-7-5-6-8-10-12-14-18-22-27(3)32-30(28(4)34)24-20-16-15-19-23-29(31)25-33/h25,29-30,32,34H,1,3-24,31H2,2H3. The van der Waals surface area contributed by atoms with Crippen LogP contribution in [0.4, 0.5) is 0 Å². The van der Waals surface area contributed by atoms with E-state index >= 15 is 0 Å². The SMILES string of the molecule is C=C(C)CCCCCCCCCCCCCCC(=C)NC(CCCCCCC(N)C=O)C(=C)O. The fourth-order valence-corrected chi connectivity index (χ4v) is 4.32. The van der Waals surface area contributed by atoms with Crippen molar-refractivity contribution >= 4 is 6.29 Å². The van der Waals surface area contributed by atoms with E-state index in [2.05, 4.69) is 32.0 Å². The minimum Gasteiger partial charge on any atom is -0.511 e. The number of aliphatic hydroxyl groups is 1. The number of allylic oxidation sites excluding steroid dienone is 2. The molecule has 0 heterocycles. The van der Waals surface area contributed by atoms with Crippen molar-refractivity contribution in [1.29, 1.82) is 0 Å². The highest BCUT2D eigenvalue weighted by Crippen LogP contribution is 2.16. The highest BCUT2D eigenvalue weighted by molar-refractivity contribution is 5.56. The van der Waals surface area contributed by atoms with Crippen LogP contribution in [0.25, 0.3) is 0 Å². The van der Waals surface area contributed by atoms with Gasteiger partial charge in [-0.2, -0.15) is 0 Å². The summed E-state index contributed by atoms with van der Waals surface area (Å²) in [7, 11) is 0. The van der Waals surface area contributed by atoms with Gasteiger partial charge in [-0.15, -0.1) is 6.58 Å². The Bertz CT molecular complexity index is 544. The van der Waals surface area contributed by atoms with Gasteiger partial charge in [0.2, 0.25) is 0 Å². The lowest BCUT2D eigenvalue weighted by Crippen LogP contribution is -2.29. The van der Waals surface area contributed by atoms with E-state index in [1.165, 1.54) is 82.6 Å². The quantitative estimate of drug-likeness (QED) is 0.0506. The number of rotatable bonds is 26. The molecule has 34 heavy (non-hydrogen) atoms. The maximum Gasteiger partial charge on any atom is 0.136 e. The average molecular weight is 477 g/mol. The van der Waals surface area contributed by atoms with Gasteiger partial charge in [-0.3, -0.25) is 0 Å². The number of hydrogen-bond acceptors (Lipinski definition) is 4. The maximum atomic E-state index is 10.5. The second-order valence-corrected chi connectivity index (χ2v) is 10.3. The summed E-state index contributed by atoms with van der Waals surface area (Å²) in [5, 5.41) is 13.3.